The van der Waals surface area contributed by atoms with E-state index < -0.39 is 5.97 Å². The second-order valence-electron chi connectivity index (χ2n) is 2.27. The van der Waals surface area contributed by atoms with Crippen LogP contribution in [0.3, 0.4) is 0 Å². The molecule has 1 rings (SSSR count). The van der Waals surface area contributed by atoms with Crippen LogP contribution in [-0.4, -0.2) is 18.1 Å². The average molecular weight is 258 g/mol. The highest BCUT2D eigenvalue weighted by molar-refractivity contribution is 9.10. The maximum atomic E-state index is 10.9. The molecule has 0 radical (unpaired) electrons. The molecule has 0 N–H and O–H groups in total. The standard InChI is InChI=1S/C9H8BrNO3/c1-3-8(12)14-6-4-5-7(10)11-9(6)13-2/h3-5H,1H2,2H3. The molecule has 4 nitrogen and oxygen atoms in total. The smallest absolute Gasteiger partial charge is 0.335 e. The second-order valence-corrected chi connectivity index (χ2v) is 3.08. The normalized spacial score (nSPS) is 9.29. The number of pyridine rings is 1. The van der Waals surface area contributed by atoms with Crippen molar-refractivity contribution in [1.29, 1.82) is 0 Å². The number of carbonyl (C=O) groups excluding carboxylic acids is 1. The molecule has 0 spiro atoms. The molecule has 0 aromatic carbocycles. The SMILES string of the molecule is C=CC(=O)Oc1ccc(Br)nc1OC. The molecule has 0 amide bonds. The lowest BCUT2D eigenvalue weighted by Gasteiger charge is -2.06. The molecule has 0 atom stereocenters. The molecule has 0 aliphatic rings. The van der Waals surface area contributed by atoms with Gasteiger partial charge in [-0.2, -0.15) is 0 Å². The van der Waals surface area contributed by atoms with Crippen LogP contribution in [0.25, 0.3) is 0 Å². The van der Waals surface area contributed by atoms with Gasteiger partial charge >= 0.3 is 5.97 Å². The van der Waals surface area contributed by atoms with E-state index in [2.05, 4.69) is 27.5 Å². The second kappa shape index (κ2) is 4.76. The van der Waals surface area contributed by atoms with Gasteiger partial charge < -0.3 is 9.47 Å². The highest BCUT2D eigenvalue weighted by Crippen LogP contribution is 2.26. The summed E-state index contributed by atoms with van der Waals surface area (Å²) in [5, 5.41) is 0. The molecule has 0 saturated heterocycles. The van der Waals surface area contributed by atoms with Crippen molar-refractivity contribution in [2.45, 2.75) is 0 Å². The molecular formula is C9H8BrNO3. The Balaban J connectivity index is 2.96. The zero-order chi connectivity index (χ0) is 10.6. The van der Waals surface area contributed by atoms with Crippen LogP contribution in [0.15, 0.2) is 29.4 Å². The van der Waals surface area contributed by atoms with Gasteiger partial charge in [0.15, 0.2) is 5.75 Å². The maximum absolute atomic E-state index is 10.9. The molecular weight excluding hydrogens is 250 g/mol. The number of ether oxygens (including phenoxy) is 2. The first kappa shape index (κ1) is 10.7. The van der Waals surface area contributed by atoms with Gasteiger partial charge in [0.25, 0.3) is 5.88 Å². The molecule has 1 heterocycles. The van der Waals surface area contributed by atoms with Crippen molar-refractivity contribution in [3.63, 3.8) is 0 Å². The van der Waals surface area contributed by atoms with E-state index in [9.17, 15) is 4.79 Å². The fourth-order valence-electron chi connectivity index (χ4n) is 0.779. The Bertz CT molecular complexity index is 365. The predicted molar refractivity (Wildman–Crippen MR) is 54.3 cm³/mol. The minimum Gasteiger partial charge on any atom is -0.478 e. The molecule has 1 aromatic rings. The van der Waals surface area contributed by atoms with Crippen molar-refractivity contribution in [1.82, 2.24) is 4.98 Å². The van der Waals surface area contributed by atoms with Gasteiger partial charge in [0.2, 0.25) is 0 Å². The lowest BCUT2D eigenvalue weighted by Crippen LogP contribution is -2.05. The molecule has 0 unspecified atom stereocenters. The summed E-state index contributed by atoms with van der Waals surface area (Å²) < 4.78 is 10.4. The molecule has 0 aliphatic heterocycles. The summed E-state index contributed by atoms with van der Waals surface area (Å²) in [5.41, 5.74) is 0. The number of nitrogens with zero attached hydrogens (tertiary/aromatic N) is 1. The molecule has 0 fully saturated rings. The van der Waals surface area contributed by atoms with E-state index in [4.69, 9.17) is 9.47 Å². The van der Waals surface area contributed by atoms with Crippen molar-refractivity contribution in [2.24, 2.45) is 0 Å². The first-order valence-electron chi connectivity index (χ1n) is 3.72. The molecule has 5 heteroatoms. The number of methoxy groups -OCH3 is 1. The van der Waals surface area contributed by atoms with Gasteiger partial charge in [-0.05, 0) is 28.1 Å². The van der Waals surface area contributed by atoms with E-state index in [0.717, 1.165) is 6.08 Å². The average Bonchev–Trinajstić information content (AvgIpc) is 2.20. The van der Waals surface area contributed by atoms with Gasteiger partial charge in [-0.3, -0.25) is 0 Å². The summed E-state index contributed by atoms with van der Waals surface area (Å²) in [6.07, 6.45) is 1.07. The zero-order valence-corrected chi connectivity index (χ0v) is 9.08. The third kappa shape index (κ3) is 2.56. The number of halogens is 1. The van der Waals surface area contributed by atoms with Gasteiger partial charge in [0, 0.05) is 6.08 Å². The Morgan fingerprint density at radius 1 is 1.64 bits per heavy atom. The number of carbonyl (C=O) groups is 1. The molecule has 0 saturated carbocycles. The van der Waals surface area contributed by atoms with E-state index in [-0.39, 0.29) is 11.6 Å². The fourth-order valence-corrected chi connectivity index (χ4v) is 1.07. The summed E-state index contributed by atoms with van der Waals surface area (Å²) in [6, 6.07) is 3.23. The van der Waals surface area contributed by atoms with Crippen molar-refractivity contribution in [3.8, 4) is 11.6 Å². The Hall–Kier alpha value is -1.36. The van der Waals surface area contributed by atoms with E-state index in [1.165, 1.54) is 7.11 Å². The van der Waals surface area contributed by atoms with Gasteiger partial charge in [-0.15, -0.1) is 0 Å². The monoisotopic (exact) mass is 257 g/mol. The van der Waals surface area contributed by atoms with Crippen LogP contribution in [-0.2, 0) is 4.79 Å². The van der Waals surface area contributed by atoms with Gasteiger partial charge in [-0.1, -0.05) is 6.58 Å². The van der Waals surface area contributed by atoms with E-state index in [1.54, 1.807) is 12.1 Å². The van der Waals surface area contributed by atoms with Crippen molar-refractivity contribution < 1.29 is 14.3 Å². The quantitative estimate of drug-likeness (QED) is 0.472. The third-order valence-corrected chi connectivity index (χ3v) is 1.80. The van der Waals surface area contributed by atoms with Crippen molar-refractivity contribution >= 4 is 21.9 Å². The molecule has 0 aliphatic carbocycles. The van der Waals surface area contributed by atoms with Gasteiger partial charge in [0.1, 0.15) is 4.60 Å². The minimum absolute atomic E-state index is 0.245. The Morgan fingerprint density at radius 3 is 2.93 bits per heavy atom. The molecule has 0 bridgehead atoms. The third-order valence-electron chi connectivity index (χ3n) is 1.36. The highest BCUT2D eigenvalue weighted by atomic mass is 79.9. The van der Waals surface area contributed by atoms with E-state index in [1.807, 2.05) is 0 Å². The van der Waals surface area contributed by atoms with Crippen LogP contribution in [0.1, 0.15) is 0 Å². The van der Waals surface area contributed by atoms with Gasteiger partial charge in [-0.25, -0.2) is 9.78 Å². The van der Waals surface area contributed by atoms with Crippen LogP contribution >= 0.6 is 15.9 Å². The fraction of sp³-hybridized carbons (Fsp3) is 0.111. The van der Waals surface area contributed by atoms with Crippen molar-refractivity contribution in [2.75, 3.05) is 7.11 Å². The maximum Gasteiger partial charge on any atom is 0.335 e. The highest BCUT2D eigenvalue weighted by Gasteiger charge is 2.09. The number of hydrogen-bond donors (Lipinski definition) is 0. The van der Waals surface area contributed by atoms with Gasteiger partial charge in [0.05, 0.1) is 7.11 Å². The number of esters is 1. The van der Waals surface area contributed by atoms with Crippen LogP contribution in [0.2, 0.25) is 0 Å². The zero-order valence-electron chi connectivity index (χ0n) is 7.49. The van der Waals surface area contributed by atoms with Crippen LogP contribution < -0.4 is 9.47 Å². The van der Waals surface area contributed by atoms with Crippen LogP contribution in [0, 0.1) is 0 Å². The summed E-state index contributed by atoms with van der Waals surface area (Å²) in [6.45, 7) is 3.28. The van der Waals surface area contributed by atoms with E-state index in [0.29, 0.717) is 4.60 Å². The summed E-state index contributed by atoms with van der Waals surface area (Å²) in [5.74, 6) is -0.0393. The van der Waals surface area contributed by atoms with Crippen LogP contribution in [0.4, 0.5) is 0 Å². The summed E-state index contributed by atoms with van der Waals surface area (Å²) in [4.78, 5) is 14.9. The predicted octanol–water partition coefficient (Wildman–Crippen LogP) is 1.94. The number of rotatable bonds is 3. The number of aromatic nitrogens is 1. The lowest BCUT2D eigenvalue weighted by molar-refractivity contribution is -0.129. The first-order chi connectivity index (χ1) is 6.67. The van der Waals surface area contributed by atoms with E-state index >= 15 is 0 Å². The molecule has 74 valence electrons. The Labute approximate surface area is 89.7 Å². The lowest BCUT2D eigenvalue weighted by atomic mass is 10.4. The van der Waals surface area contributed by atoms with Crippen molar-refractivity contribution in [3.05, 3.63) is 29.4 Å². The largest absolute Gasteiger partial charge is 0.478 e. The molecule has 14 heavy (non-hydrogen) atoms. The number of hydrogen-bond acceptors (Lipinski definition) is 4. The Morgan fingerprint density at radius 2 is 2.36 bits per heavy atom. The molecule has 1 aromatic heterocycles. The van der Waals surface area contributed by atoms with Crippen LogP contribution in [0.5, 0.6) is 11.6 Å². The minimum atomic E-state index is -0.549. The Kier molecular flexibility index (Phi) is 3.64. The topological polar surface area (TPSA) is 48.4 Å². The summed E-state index contributed by atoms with van der Waals surface area (Å²) >= 11 is 3.17. The summed E-state index contributed by atoms with van der Waals surface area (Å²) in [7, 11) is 1.44. The first-order valence-corrected chi connectivity index (χ1v) is 4.51.